The van der Waals surface area contributed by atoms with Gasteiger partial charge < -0.3 is 10.4 Å². The van der Waals surface area contributed by atoms with Crippen molar-refractivity contribution in [3.63, 3.8) is 0 Å². The summed E-state index contributed by atoms with van der Waals surface area (Å²) < 4.78 is 26.4. The summed E-state index contributed by atoms with van der Waals surface area (Å²) in [5, 5.41) is 13.4. The van der Waals surface area contributed by atoms with Gasteiger partial charge in [-0.2, -0.15) is 0 Å². The second kappa shape index (κ2) is 6.64. The predicted molar refractivity (Wildman–Crippen MR) is 75.3 cm³/mol. The molecule has 0 aromatic heterocycles. The quantitative estimate of drug-likeness (QED) is 0.887. The Bertz CT molecular complexity index is 452. The summed E-state index contributed by atoms with van der Waals surface area (Å²) in [6.45, 7) is 4.76. The van der Waals surface area contributed by atoms with Crippen molar-refractivity contribution < 1.29 is 13.9 Å². The molecule has 20 heavy (non-hydrogen) atoms. The maximum absolute atomic E-state index is 13.6. The molecule has 1 aromatic rings. The van der Waals surface area contributed by atoms with E-state index in [1.54, 1.807) is 0 Å². The largest absolute Gasteiger partial charge is 0.387 e. The SMILES string of the molecule is CC1CCCC(NCC(O)c2ccc(F)cc2F)C1C. The molecule has 2 N–H and O–H groups in total. The molecule has 0 heterocycles. The molecule has 4 atom stereocenters. The van der Waals surface area contributed by atoms with Crippen LogP contribution in [0.5, 0.6) is 0 Å². The first-order chi connectivity index (χ1) is 9.49. The molecule has 1 saturated carbocycles. The molecule has 2 nitrogen and oxygen atoms in total. The third-order valence-electron chi connectivity index (χ3n) is 4.60. The minimum atomic E-state index is -0.944. The number of hydrogen-bond acceptors (Lipinski definition) is 2. The third-order valence-corrected chi connectivity index (χ3v) is 4.60. The fourth-order valence-corrected chi connectivity index (χ4v) is 3.01. The maximum Gasteiger partial charge on any atom is 0.131 e. The van der Waals surface area contributed by atoms with Crippen molar-refractivity contribution in [2.45, 2.75) is 45.3 Å². The van der Waals surface area contributed by atoms with E-state index in [9.17, 15) is 13.9 Å². The van der Waals surface area contributed by atoms with Crippen LogP contribution >= 0.6 is 0 Å². The Labute approximate surface area is 119 Å². The molecule has 0 bridgehead atoms. The van der Waals surface area contributed by atoms with Gasteiger partial charge >= 0.3 is 0 Å². The van der Waals surface area contributed by atoms with Gasteiger partial charge in [-0.3, -0.25) is 0 Å². The topological polar surface area (TPSA) is 32.3 Å². The van der Waals surface area contributed by atoms with Gasteiger partial charge in [0.25, 0.3) is 0 Å². The average Bonchev–Trinajstić information content (AvgIpc) is 2.40. The molecule has 1 aliphatic carbocycles. The van der Waals surface area contributed by atoms with E-state index in [4.69, 9.17) is 0 Å². The molecule has 0 saturated heterocycles. The lowest BCUT2D eigenvalue weighted by atomic mass is 9.78. The van der Waals surface area contributed by atoms with Crippen LogP contribution in [0.15, 0.2) is 18.2 Å². The first-order valence-electron chi connectivity index (χ1n) is 7.35. The summed E-state index contributed by atoms with van der Waals surface area (Å²) in [4.78, 5) is 0. The van der Waals surface area contributed by atoms with Gasteiger partial charge in [-0.05, 0) is 24.3 Å². The summed E-state index contributed by atoms with van der Waals surface area (Å²) in [7, 11) is 0. The van der Waals surface area contributed by atoms with Crippen LogP contribution in [0, 0.1) is 23.5 Å². The van der Waals surface area contributed by atoms with E-state index in [2.05, 4.69) is 19.2 Å². The van der Waals surface area contributed by atoms with Crippen LogP contribution in [0.4, 0.5) is 8.78 Å². The molecule has 0 spiro atoms. The number of hydrogen-bond donors (Lipinski definition) is 2. The van der Waals surface area contributed by atoms with Crippen molar-refractivity contribution >= 4 is 0 Å². The second-order valence-corrected chi connectivity index (χ2v) is 5.96. The van der Waals surface area contributed by atoms with Crippen molar-refractivity contribution in [3.05, 3.63) is 35.4 Å². The highest BCUT2D eigenvalue weighted by atomic mass is 19.1. The lowest BCUT2D eigenvalue weighted by Gasteiger charge is -2.35. The Morgan fingerprint density at radius 3 is 2.75 bits per heavy atom. The second-order valence-electron chi connectivity index (χ2n) is 5.96. The summed E-state index contributed by atoms with van der Waals surface area (Å²) >= 11 is 0. The molecule has 1 aromatic carbocycles. The molecule has 0 aliphatic heterocycles. The normalized spacial score (nSPS) is 28.4. The standard InChI is InChI=1S/C16H23F2NO/c1-10-4-3-5-15(11(10)2)19-9-16(20)13-7-6-12(17)8-14(13)18/h6-8,10-11,15-16,19-20H,3-5,9H2,1-2H3. The Kier molecular flexibility index (Phi) is 5.11. The molecule has 0 amide bonds. The van der Waals surface area contributed by atoms with Crippen molar-refractivity contribution in [1.82, 2.24) is 5.32 Å². The molecule has 2 rings (SSSR count). The van der Waals surface area contributed by atoms with Gasteiger partial charge in [-0.1, -0.05) is 32.8 Å². The molecule has 1 aliphatic rings. The number of aliphatic hydroxyl groups is 1. The number of rotatable bonds is 4. The van der Waals surface area contributed by atoms with Crippen LogP contribution in [0.25, 0.3) is 0 Å². The highest BCUT2D eigenvalue weighted by Crippen LogP contribution is 2.29. The summed E-state index contributed by atoms with van der Waals surface area (Å²) in [6.07, 6.45) is 2.57. The average molecular weight is 283 g/mol. The lowest BCUT2D eigenvalue weighted by Crippen LogP contribution is -2.42. The maximum atomic E-state index is 13.6. The van der Waals surface area contributed by atoms with Crippen molar-refractivity contribution in [1.29, 1.82) is 0 Å². The van der Waals surface area contributed by atoms with Crippen LogP contribution in [0.3, 0.4) is 0 Å². The van der Waals surface area contributed by atoms with E-state index in [-0.39, 0.29) is 5.56 Å². The zero-order valence-corrected chi connectivity index (χ0v) is 12.1. The van der Waals surface area contributed by atoms with Crippen molar-refractivity contribution in [2.24, 2.45) is 11.8 Å². The number of halogens is 2. The summed E-state index contributed by atoms with van der Waals surface area (Å²) in [6, 6.07) is 3.65. The zero-order chi connectivity index (χ0) is 14.7. The lowest BCUT2D eigenvalue weighted by molar-refractivity contribution is 0.142. The Morgan fingerprint density at radius 2 is 2.05 bits per heavy atom. The van der Waals surface area contributed by atoms with Crippen LogP contribution in [0.2, 0.25) is 0 Å². The molecule has 1 fully saturated rings. The van der Waals surface area contributed by atoms with Crippen LogP contribution in [-0.4, -0.2) is 17.7 Å². The third kappa shape index (κ3) is 3.55. The van der Waals surface area contributed by atoms with Crippen molar-refractivity contribution in [3.8, 4) is 0 Å². The highest BCUT2D eigenvalue weighted by molar-refractivity contribution is 5.21. The number of nitrogens with one attached hydrogen (secondary N) is 1. The Balaban J connectivity index is 1.93. The molecule has 4 unspecified atom stereocenters. The zero-order valence-electron chi connectivity index (χ0n) is 12.1. The van der Waals surface area contributed by atoms with Crippen LogP contribution in [-0.2, 0) is 0 Å². The first-order valence-corrected chi connectivity index (χ1v) is 7.35. The van der Waals surface area contributed by atoms with Crippen molar-refractivity contribution in [2.75, 3.05) is 6.54 Å². The van der Waals surface area contributed by atoms with Gasteiger partial charge in [0.2, 0.25) is 0 Å². The van der Waals surface area contributed by atoms with E-state index < -0.39 is 17.7 Å². The van der Waals surface area contributed by atoms with E-state index in [1.807, 2.05) is 0 Å². The number of aliphatic hydroxyl groups excluding tert-OH is 1. The summed E-state index contributed by atoms with van der Waals surface area (Å²) in [5.74, 6) is -0.0968. The molecule has 0 radical (unpaired) electrons. The fraction of sp³-hybridized carbons (Fsp3) is 0.625. The van der Waals surface area contributed by atoms with Crippen LogP contribution in [0.1, 0.15) is 44.8 Å². The van der Waals surface area contributed by atoms with E-state index in [0.29, 0.717) is 24.4 Å². The highest BCUT2D eigenvalue weighted by Gasteiger charge is 2.27. The van der Waals surface area contributed by atoms with Gasteiger partial charge in [0.15, 0.2) is 0 Å². The minimum absolute atomic E-state index is 0.149. The molecule has 4 heteroatoms. The van der Waals surface area contributed by atoms with Gasteiger partial charge in [0.05, 0.1) is 6.10 Å². The van der Waals surface area contributed by atoms with Gasteiger partial charge in [-0.15, -0.1) is 0 Å². The van der Waals surface area contributed by atoms with E-state index in [1.165, 1.54) is 25.0 Å². The Hall–Kier alpha value is -1.00. The number of benzene rings is 1. The van der Waals surface area contributed by atoms with Gasteiger partial charge in [0, 0.05) is 24.2 Å². The summed E-state index contributed by atoms with van der Waals surface area (Å²) in [5.41, 5.74) is 0.149. The molecule has 112 valence electrons. The van der Waals surface area contributed by atoms with E-state index >= 15 is 0 Å². The minimum Gasteiger partial charge on any atom is -0.387 e. The Morgan fingerprint density at radius 1 is 1.30 bits per heavy atom. The fourth-order valence-electron chi connectivity index (χ4n) is 3.01. The smallest absolute Gasteiger partial charge is 0.131 e. The van der Waals surface area contributed by atoms with Gasteiger partial charge in [0.1, 0.15) is 11.6 Å². The molecular weight excluding hydrogens is 260 g/mol. The predicted octanol–water partition coefficient (Wildman–Crippen LogP) is 3.41. The molecular formula is C16H23F2NO. The first kappa shape index (κ1) is 15.4. The van der Waals surface area contributed by atoms with E-state index in [0.717, 1.165) is 12.5 Å². The van der Waals surface area contributed by atoms with Crippen LogP contribution < -0.4 is 5.32 Å². The monoisotopic (exact) mass is 283 g/mol. The van der Waals surface area contributed by atoms with Gasteiger partial charge in [-0.25, -0.2) is 8.78 Å².